The monoisotopic (exact) mass is 302 g/mol. The molecule has 0 unspecified atom stereocenters. The maximum absolute atomic E-state index is 13.6. The average molecular weight is 302 g/mol. The summed E-state index contributed by atoms with van der Waals surface area (Å²) in [6.45, 7) is 3.20. The number of carbonyl (C=O) groups excluding carboxylic acids is 2. The lowest BCUT2D eigenvalue weighted by molar-refractivity contribution is -0.138. The second-order valence-electron chi connectivity index (χ2n) is 3.79. The summed E-state index contributed by atoms with van der Waals surface area (Å²) in [5.41, 5.74) is -1.56. The van der Waals surface area contributed by atoms with E-state index in [9.17, 15) is 22.8 Å². The Morgan fingerprint density at radius 1 is 1.14 bits per heavy atom. The molecule has 1 aromatic carbocycles. The van der Waals surface area contributed by atoms with Gasteiger partial charge < -0.3 is 9.47 Å². The number of benzene rings is 1. The summed E-state index contributed by atoms with van der Waals surface area (Å²) in [5, 5.41) is 0. The first-order valence-corrected chi connectivity index (χ1v) is 6.10. The Hall–Kier alpha value is -2.31. The quantitative estimate of drug-likeness (QED) is 0.154. The number of esters is 1. The number of carbonyl (C=O) groups is 2. The summed E-state index contributed by atoms with van der Waals surface area (Å²) in [6, 6.07) is 0.794. The van der Waals surface area contributed by atoms with E-state index in [-0.39, 0.29) is 13.2 Å². The molecule has 0 atom stereocenters. The van der Waals surface area contributed by atoms with E-state index in [2.05, 4.69) is 4.74 Å². The highest BCUT2D eigenvalue weighted by Gasteiger charge is 2.26. The predicted molar refractivity (Wildman–Crippen MR) is 67.0 cm³/mol. The van der Waals surface area contributed by atoms with Crippen LogP contribution in [-0.2, 0) is 14.3 Å². The molecule has 21 heavy (non-hydrogen) atoms. The summed E-state index contributed by atoms with van der Waals surface area (Å²) < 4.78 is 49.3. The fraction of sp³-hybridized carbons (Fsp3) is 0.286. The van der Waals surface area contributed by atoms with Crippen molar-refractivity contribution >= 4 is 11.8 Å². The molecule has 0 aromatic heterocycles. The van der Waals surface area contributed by atoms with Gasteiger partial charge in [-0.15, -0.1) is 0 Å². The molecule has 0 bridgehead atoms. The van der Waals surface area contributed by atoms with Crippen molar-refractivity contribution in [2.75, 3.05) is 13.2 Å². The molecule has 0 saturated heterocycles. The van der Waals surface area contributed by atoms with Gasteiger partial charge in [0.2, 0.25) is 5.78 Å². The summed E-state index contributed by atoms with van der Waals surface area (Å²) in [4.78, 5) is 23.7. The number of ether oxygens (including phenoxy) is 2. The van der Waals surface area contributed by atoms with Crippen LogP contribution in [0.5, 0.6) is 0 Å². The van der Waals surface area contributed by atoms with Gasteiger partial charge in [-0.1, -0.05) is 0 Å². The molecule has 0 heterocycles. The van der Waals surface area contributed by atoms with E-state index in [4.69, 9.17) is 4.74 Å². The molecule has 0 radical (unpaired) electrons. The van der Waals surface area contributed by atoms with Gasteiger partial charge >= 0.3 is 5.97 Å². The number of ketones is 1. The Labute approximate surface area is 119 Å². The number of halogens is 3. The predicted octanol–water partition coefficient (Wildman–Crippen LogP) is 2.77. The Morgan fingerprint density at radius 2 is 1.81 bits per heavy atom. The highest BCUT2D eigenvalue weighted by atomic mass is 19.2. The minimum absolute atomic E-state index is 0.0322. The number of hydrogen-bond acceptors (Lipinski definition) is 4. The first kappa shape index (κ1) is 16.7. The van der Waals surface area contributed by atoms with Crippen molar-refractivity contribution in [1.82, 2.24) is 0 Å². The van der Waals surface area contributed by atoms with Gasteiger partial charge in [-0.2, -0.15) is 0 Å². The molecule has 0 aliphatic heterocycles. The van der Waals surface area contributed by atoms with Gasteiger partial charge in [0.15, 0.2) is 11.6 Å². The molecule has 0 amide bonds. The minimum Gasteiger partial charge on any atom is -0.500 e. The maximum Gasteiger partial charge on any atom is 0.345 e. The first-order chi connectivity index (χ1) is 9.92. The second kappa shape index (κ2) is 7.47. The van der Waals surface area contributed by atoms with Crippen molar-refractivity contribution in [2.45, 2.75) is 13.8 Å². The average Bonchev–Trinajstić information content (AvgIpc) is 2.43. The summed E-state index contributed by atoms with van der Waals surface area (Å²) >= 11 is 0. The van der Waals surface area contributed by atoms with Crippen molar-refractivity contribution in [2.24, 2.45) is 0 Å². The number of hydrogen-bond donors (Lipinski definition) is 0. The van der Waals surface area contributed by atoms with E-state index in [0.717, 1.165) is 6.26 Å². The molecule has 0 spiro atoms. The molecule has 0 N–H and O–H groups in total. The number of Topliss-reactive ketones (excluding diaryl/α,β-unsaturated/α-hetero) is 1. The minimum atomic E-state index is -1.55. The maximum atomic E-state index is 13.6. The highest BCUT2D eigenvalue weighted by Crippen LogP contribution is 2.18. The third kappa shape index (κ3) is 4.08. The van der Waals surface area contributed by atoms with E-state index in [1.165, 1.54) is 6.92 Å². The van der Waals surface area contributed by atoms with Gasteiger partial charge in [0.1, 0.15) is 17.7 Å². The zero-order valence-electron chi connectivity index (χ0n) is 11.4. The third-order valence-electron chi connectivity index (χ3n) is 2.35. The summed E-state index contributed by atoms with van der Waals surface area (Å²) in [5.74, 6) is -6.51. The Bertz CT molecular complexity index is 582. The van der Waals surface area contributed by atoms with Crippen LogP contribution >= 0.6 is 0 Å². The molecule has 0 aliphatic carbocycles. The van der Waals surface area contributed by atoms with Gasteiger partial charge in [0, 0.05) is 6.07 Å². The van der Waals surface area contributed by atoms with Crippen LogP contribution in [0.4, 0.5) is 13.2 Å². The van der Waals surface area contributed by atoms with Crippen LogP contribution in [0.3, 0.4) is 0 Å². The van der Waals surface area contributed by atoms with Gasteiger partial charge in [-0.05, 0) is 19.9 Å². The third-order valence-corrected chi connectivity index (χ3v) is 2.35. The summed E-state index contributed by atoms with van der Waals surface area (Å²) in [7, 11) is 0. The van der Waals surface area contributed by atoms with Gasteiger partial charge in [-0.25, -0.2) is 18.0 Å². The first-order valence-electron chi connectivity index (χ1n) is 6.10. The van der Waals surface area contributed by atoms with Crippen LogP contribution in [0.15, 0.2) is 24.0 Å². The number of rotatable bonds is 6. The molecule has 114 valence electrons. The molecule has 7 heteroatoms. The molecule has 0 aliphatic rings. The summed E-state index contributed by atoms with van der Waals surface area (Å²) in [6.07, 6.45) is 0.780. The molecule has 4 nitrogen and oxygen atoms in total. The van der Waals surface area contributed by atoms with Crippen LogP contribution in [-0.4, -0.2) is 25.0 Å². The van der Waals surface area contributed by atoms with Crippen molar-refractivity contribution in [3.8, 4) is 0 Å². The Balaban J connectivity index is 3.26. The second-order valence-corrected chi connectivity index (χ2v) is 3.79. The van der Waals surface area contributed by atoms with Gasteiger partial charge in [0.25, 0.3) is 0 Å². The standard InChI is InChI=1S/C14H13F3O4/c1-3-20-7-10(14(19)21-4-2)13(18)9-5-8(15)6-11(16)12(9)17/h5-7H,3-4H2,1-2H3. The molecule has 1 rings (SSSR count). The van der Waals surface area contributed by atoms with Crippen molar-refractivity contribution in [1.29, 1.82) is 0 Å². The van der Waals surface area contributed by atoms with Crippen LogP contribution in [0.1, 0.15) is 24.2 Å². The molecular formula is C14H13F3O4. The SMILES string of the molecule is CCOC=C(C(=O)OCC)C(=O)c1cc(F)cc(F)c1F. The van der Waals surface area contributed by atoms with Crippen molar-refractivity contribution in [3.63, 3.8) is 0 Å². The lowest BCUT2D eigenvalue weighted by Crippen LogP contribution is -2.18. The smallest absolute Gasteiger partial charge is 0.345 e. The van der Waals surface area contributed by atoms with E-state index in [1.54, 1.807) is 6.92 Å². The van der Waals surface area contributed by atoms with E-state index in [0.29, 0.717) is 12.1 Å². The molecule has 0 saturated carbocycles. The largest absolute Gasteiger partial charge is 0.500 e. The molecule has 1 aromatic rings. The Kier molecular flexibility index (Phi) is 5.95. The van der Waals surface area contributed by atoms with E-state index >= 15 is 0 Å². The zero-order valence-corrected chi connectivity index (χ0v) is 11.4. The van der Waals surface area contributed by atoms with Gasteiger partial charge in [0.05, 0.1) is 18.8 Å². The molecular weight excluding hydrogens is 289 g/mol. The zero-order chi connectivity index (χ0) is 16.0. The lowest BCUT2D eigenvalue weighted by atomic mass is 10.0. The van der Waals surface area contributed by atoms with Crippen molar-refractivity contribution in [3.05, 3.63) is 47.0 Å². The Morgan fingerprint density at radius 3 is 2.38 bits per heavy atom. The van der Waals surface area contributed by atoms with E-state index < -0.39 is 40.3 Å². The topological polar surface area (TPSA) is 52.6 Å². The van der Waals surface area contributed by atoms with Crippen LogP contribution < -0.4 is 0 Å². The van der Waals surface area contributed by atoms with Gasteiger partial charge in [-0.3, -0.25) is 4.79 Å². The van der Waals surface area contributed by atoms with Crippen LogP contribution in [0, 0.1) is 17.5 Å². The molecule has 0 fully saturated rings. The normalized spacial score (nSPS) is 11.2. The lowest BCUT2D eigenvalue weighted by Gasteiger charge is -2.08. The van der Waals surface area contributed by atoms with E-state index in [1.807, 2.05) is 0 Å². The highest BCUT2D eigenvalue weighted by molar-refractivity contribution is 6.24. The van der Waals surface area contributed by atoms with Crippen LogP contribution in [0.2, 0.25) is 0 Å². The fourth-order valence-electron chi connectivity index (χ4n) is 1.44. The van der Waals surface area contributed by atoms with Crippen LogP contribution in [0.25, 0.3) is 0 Å². The fourth-order valence-corrected chi connectivity index (χ4v) is 1.44. The van der Waals surface area contributed by atoms with Crippen molar-refractivity contribution < 1.29 is 32.2 Å².